The van der Waals surface area contributed by atoms with Crippen molar-refractivity contribution in [1.29, 1.82) is 0 Å². The van der Waals surface area contributed by atoms with Crippen LogP contribution in [-0.4, -0.2) is 29.9 Å². The molecule has 0 saturated heterocycles. The SMILES string of the molecule is c1ccc(-c2cc(-c3ccccc3)nc(-c3cc(-c4ccc(-c5cccc6cc(-c7cc(-c8ccccn8)cc(-c8nc(-c9ccccc9)cc(-c9ccccc9)n8)c7)ccc56)nc4)cc(-c4ccc5ccccc5c4)c3)n2)cc1. The van der Waals surface area contributed by atoms with Gasteiger partial charge in [0.15, 0.2) is 11.6 Å². The molecule has 0 amide bonds. The molecule has 0 aliphatic carbocycles. The van der Waals surface area contributed by atoms with Gasteiger partial charge >= 0.3 is 0 Å². The number of hydrogen-bond donors (Lipinski definition) is 0. The van der Waals surface area contributed by atoms with Gasteiger partial charge in [0, 0.05) is 62.5 Å². The Morgan fingerprint density at radius 2 is 0.637 bits per heavy atom. The van der Waals surface area contributed by atoms with Gasteiger partial charge in [-0.2, -0.15) is 0 Å². The highest BCUT2D eigenvalue weighted by Gasteiger charge is 2.18. The van der Waals surface area contributed by atoms with Gasteiger partial charge < -0.3 is 0 Å². The highest BCUT2D eigenvalue weighted by atomic mass is 14.9. The van der Waals surface area contributed by atoms with Crippen molar-refractivity contribution < 1.29 is 0 Å². The first-order valence-corrected chi connectivity index (χ1v) is 26.8. The zero-order chi connectivity index (χ0) is 53.2. The summed E-state index contributed by atoms with van der Waals surface area (Å²) in [4.78, 5) is 30.9. The molecule has 4 aromatic heterocycles. The molecule has 4 heterocycles. The van der Waals surface area contributed by atoms with Gasteiger partial charge in [-0.25, -0.2) is 19.9 Å². The predicted molar refractivity (Wildman–Crippen MR) is 328 cm³/mol. The molecule has 0 saturated carbocycles. The lowest BCUT2D eigenvalue weighted by Crippen LogP contribution is -1.97. The second-order valence-electron chi connectivity index (χ2n) is 19.9. The van der Waals surface area contributed by atoms with Crippen LogP contribution in [0.4, 0.5) is 0 Å². The molecule has 0 bridgehead atoms. The maximum Gasteiger partial charge on any atom is 0.160 e. The van der Waals surface area contributed by atoms with Gasteiger partial charge in [0.05, 0.1) is 34.2 Å². The molecule has 14 rings (SSSR count). The first kappa shape index (κ1) is 47.6. The second-order valence-corrected chi connectivity index (χ2v) is 19.9. The van der Waals surface area contributed by atoms with Crippen molar-refractivity contribution in [3.63, 3.8) is 0 Å². The Bertz CT molecular complexity index is 4440. The molecular formula is C74H48N6. The van der Waals surface area contributed by atoms with Crippen LogP contribution in [0.3, 0.4) is 0 Å². The lowest BCUT2D eigenvalue weighted by Gasteiger charge is -2.14. The van der Waals surface area contributed by atoms with Crippen molar-refractivity contribution in [2.75, 3.05) is 0 Å². The van der Waals surface area contributed by atoms with E-state index >= 15 is 0 Å². The first-order chi connectivity index (χ1) is 39.6. The fourth-order valence-electron chi connectivity index (χ4n) is 10.7. The molecule has 80 heavy (non-hydrogen) atoms. The smallest absolute Gasteiger partial charge is 0.160 e. The fourth-order valence-corrected chi connectivity index (χ4v) is 10.7. The molecule has 10 aromatic carbocycles. The topological polar surface area (TPSA) is 77.3 Å². The van der Waals surface area contributed by atoms with Crippen LogP contribution < -0.4 is 0 Å². The van der Waals surface area contributed by atoms with E-state index in [4.69, 9.17) is 29.9 Å². The average molecular weight is 1020 g/mol. The summed E-state index contributed by atoms with van der Waals surface area (Å²) in [6, 6.07) is 97.3. The minimum absolute atomic E-state index is 0.640. The predicted octanol–water partition coefficient (Wildman–Crippen LogP) is 18.7. The largest absolute Gasteiger partial charge is 0.256 e. The van der Waals surface area contributed by atoms with E-state index < -0.39 is 0 Å². The third kappa shape index (κ3) is 9.70. The highest BCUT2D eigenvalue weighted by Crippen LogP contribution is 2.39. The molecule has 0 N–H and O–H groups in total. The van der Waals surface area contributed by atoms with Crippen LogP contribution in [-0.2, 0) is 0 Å². The number of hydrogen-bond acceptors (Lipinski definition) is 6. The number of aromatic nitrogens is 6. The molecule has 6 heteroatoms. The van der Waals surface area contributed by atoms with Crippen molar-refractivity contribution in [3.8, 4) is 124 Å². The van der Waals surface area contributed by atoms with Gasteiger partial charge in [0.1, 0.15) is 0 Å². The van der Waals surface area contributed by atoms with Crippen molar-refractivity contribution in [3.05, 3.63) is 291 Å². The summed E-state index contributed by atoms with van der Waals surface area (Å²) in [5.74, 6) is 1.29. The Hall–Kier alpha value is -10.8. The lowest BCUT2D eigenvalue weighted by molar-refractivity contribution is 1.18. The van der Waals surface area contributed by atoms with Crippen molar-refractivity contribution in [2.45, 2.75) is 0 Å². The summed E-state index contributed by atoms with van der Waals surface area (Å²) >= 11 is 0. The van der Waals surface area contributed by atoms with Crippen molar-refractivity contribution in [1.82, 2.24) is 29.9 Å². The summed E-state index contributed by atoms with van der Waals surface area (Å²) in [6.07, 6.45) is 3.83. The second kappa shape index (κ2) is 21.0. The zero-order valence-electron chi connectivity index (χ0n) is 43.4. The van der Waals surface area contributed by atoms with E-state index in [9.17, 15) is 0 Å². The van der Waals surface area contributed by atoms with E-state index in [1.807, 2.05) is 103 Å². The van der Waals surface area contributed by atoms with E-state index in [0.717, 1.165) is 123 Å². The number of benzene rings is 10. The van der Waals surface area contributed by atoms with Gasteiger partial charge in [0.25, 0.3) is 0 Å². The molecule has 374 valence electrons. The van der Waals surface area contributed by atoms with Crippen LogP contribution in [0.5, 0.6) is 0 Å². The van der Waals surface area contributed by atoms with E-state index in [-0.39, 0.29) is 0 Å². The zero-order valence-corrected chi connectivity index (χ0v) is 43.4. The average Bonchev–Trinajstić information content (AvgIpc) is 3.66. The quantitative estimate of drug-likeness (QED) is 0.128. The van der Waals surface area contributed by atoms with E-state index in [1.54, 1.807) is 0 Å². The Labute approximate surface area is 464 Å². The molecule has 0 aliphatic heterocycles. The van der Waals surface area contributed by atoms with Crippen molar-refractivity contribution in [2.24, 2.45) is 0 Å². The maximum atomic E-state index is 5.26. The third-order valence-corrected chi connectivity index (χ3v) is 14.7. The Kier molecular flexibility index (Phi) is 12.5. The number of rotatable bonds is 11. The minimum atomic E-state index is 0.640. The molecule has 0 radical (unpaired) electrons. The molecular weight excluding hydrogens is 973 g/mol. The fraction of sp³-hybridized carbons (Fsp3) is 0. The highest BCUT2D eigenvalue weighted by molar-refractivity contribution is 5.99. The van der Waals surface area contributed by atoms with E-state index in [1.165, 1.54) is 10.8 Å². The van der Waals surface area contributed by atoms with Crippen LogP contribution in [0.1, 0.15) is 0 Å². The third-order valence-electron chi connectivity index (χ3n) is 14.7. The molecule has 0 unspecified atom stereocenters. The van der Waals surface area contributed by atoms with Crippen LogP contribution in [0, 0.1) is 0 Å². The molecule has 0 aliphatic rings. The van der Waals surface area contributed by atoms with Gasteiger partial charge in [-0.15, -0.1) is 0 Å². The Balaban J connectivity index is 0.847. The summed E-state index contributed by atoms with van der Waals surface area (Å²) in [5.41, 5.74) is 19.4. The van der Waals surface area contributed by atoms with E-state index in [2.05, 4.69) is 188 Å². The molecule has 14 aromatic rings. The van der Waals surface area contributed by atoms with Crippen molar-refractivity contribution >= 4 is 21.5 Å². The van der Waals surface area contributed by atoms with Crippen LogP contribution >= 0.6 is 0 Å². The van der Waals surface area contributed by atoms with Crippen LogP contribution in [0.15, 0.2) is 291 Å². The van der Waals surface area contributed by atoms with Crippen LogP contribution in [0.2, 0.25) is 0 Å². The van der Waals surface area contributed by atoms with Crippen LogP contribution in [0.25, 0.3) is 145 Å². The molecule has 6 nitrogen and oxygen atoms in total. The van der Waals surface area contributed by atoms with Gasteiger partial charge in [-0.05, 0) is 128 Å². The minimum Gasteiger partial charge on any atom is -0.256 e. The molecule has 0 atom stereocenters. The first-order valence-electron chi connectivity index (χ1n) is 26.8. The number of pyridine rings is 2. The van der Waals surface area contributed by atoms with Gasteiger partial charge in [-0.1, -0.05) is 200 Å². The van der Waals surface area contributed by atoms with E-state index in [0.29, 0.717) is 11.6 Å². The Morgan fingerprint density at radius 1 is 0.200 bits per heavy atom. The van der Waals surface area contributed by atoms with Gasteiger partial charge in [0.2, 0.25) is 0 Å². The number of fused-ring (bicyclic) bond motifs is 2. The monoisotopic (exact) mass is 1020 g/mol. The normalized spacial score (nSPS) is 11.2. The summed E-state index contributed by atoms with van der Waals surface area (Å²) in [6.45, 7) is 0. The summed E-state index contributed by atoms with van der Waals surface area (Å²) in [5, 5.41) is 4.58. The molecule has 0 spiro atoms. The summed E-state index contributed by atoms with van der Waals surface area (Å²) in [7, 11) is 0. The number of nitrogens with zero attached hydrogens (tertiary/aromatic N) is 6. The summed E-state index contributed by atoms with van der Waals surface area (Å²) < 4.78 is 0. The van der Waals surface area contributed by atoms with Gasteiger partial charge in [-0.3, -0.25) is 9.97 Å². The lowest BCUT2D eigenvalue weighted by atomic mass is 9.93. The molecule has 0 fully saturated rings. The standard InChI is InChI=1S/C74H48N6/c1-5-19-50(20-6-1)69-46-70(51-21-7-2-8-22-51)78-73(77-69)63-42-59(55-32-31-49-18-13-14-27-54(49)38-55)40-61(44-63)58-34-36-68(76-48-58)66-29-17-28-57-39-56(33-35-65(57)66)60-41-62(67-30-15-16-37-75-67)45-64(43-60)74-79-71(52-23-9-3-10-24-52)47-72(80-74)53-25-11-4-12-26-53/h1-48H. The Morgan fingerprint density at radius 3 is 1.16 bits per heavy atom. The maximum absolute atomic E-state index is 5.26.